The van der Waals surface area contributed by atoms with Gasteiger partial charge in [0.15, 0.2) is 0 Å². The molecule has 0 fully saturated rings. The molecule has 0 saturated carbocycles. The molecule has 0 aliphatic rings. The third kappa shape index (κ3) is 3.89. The van der Waals surface area contributed by atoms with Crippen molar-refractivity contribution in [3.63, 3.8) is 0 Å². The first-order valence-electron chi connectivity index (χ1n) is 6.31. The van der Waals surface area contributed by atoms with Crippen LogP contribution >= 0.6 is 23.4 Å². The molecule has 4 heteroatoms. The number of nitrogens with two attached hydrogens (primary N) is 1. The molecule has 0 amide bonds. The zero-order valence-electron chi connectivity index (χ0n) is 11.4. The molecular formula is C14H23ClN2S. The van der Waals surface area contributed by atoms with E-state index in [0.29, 0.717) is 12.6 Å². The third-order valence-corrected chi connectivity index (χ3v) is 4.45. The van der Waals surface area contributed by atoms with Gasteiger partial charge in [-0.3, -0.25) is 4.90 Å². The third-order valence-electron chi connectivity index (χ3n) is 3.39. The van der Waals surface area contributed by atoms with Gasteiger partial charge in [0, 0.05) is 29.4 Å². The second-order valence-electron chi connectivity index (χ2n) is 4.46. The molecule has 18 heavy (non-hydrogen) atoms. The second kappa shape index (κ2) is 8.05. The van der Waals surface area contributed by atoms with E-state index in [1.165, 1.54) is 0 Å². The average molecular weight is 287 g/mol. The molecule has 2 nitrogen and oxygen atoms in total. The molecule has 1 rings (SSSR count). The number of hydrogen-bond donors (Lipinski definition) is 1. The molecule has 0 saturated heterocycles. The predicted molar refractivity (Wildman–Crippen MR) is 83.5 cm³/mol. The molecule has 0 heterocycles. The standard InChI is InChI=1S/C14H23ClN2S/c1-4-11(10-18-3)17(2)14(9-16)12-7-5-6-8-13(12)15/h5-8,11,14H,4,9-10,16H2,1-3H3. The van der Waals surface area contributed by atoms with E-state index in [-0.39, 0.29) is 6.04 Å². The molecule has 2 N–H and O–H groups in total. The lowest BCUT2D eigenvalue weighted by Gasteiger charge is -2.34. The average Bonchev–Trinajstić information content (AvgIpc) is 2.38. The summed E-state index contributed by atoms with van der Waals surface area (Å²) >= 11 is 8.15. The van der Waals surface area contributed by atoms with E-state index >= 15 is 0 Å². The quantitative estimate of drug-likeness (QED) is 0.833. The summed E-state index contributed by atoms with van der Waals surface area (Å²) in [5.41, 5.74) is 7.08. The Hall–Kier alpha value is -0.220. The van der Waals surface area contributed by atoms with Crippen LogP contribution in [0.4, 0.5) is 0 Å². The molecule has 102 valence electrons. The number of nitrogens with zero attached hydrogens (tertiary/aromatic N) is 1. The fourth-order valence-corrected chi connectivity index (χ4v) is 3.35. The van der Waals surface area contributed by atoms with Crippen molar-refractivity contribution < 1.29 is 0 Å². The Balaban J connectivity index is 2.92. The number of benzene rings is 1. The number of rotatable bonds is 7. The number of hydrogen-bond acceptors (Lipinski definition) is 3. The number of thioether (sulfide) groups is 1. The van der Waals surface area contributed by atoms with Gasteiger partial charge in [-0.1, -0.05) is 36.7 Å². The Morgan fingerprint density at radius 3 is 2.56 bits per heavy atom. The van der Waals surface area contributed by atoms with E-state index in [4.69, 9.17) is 17.3 Å². The maximum absolute atomic E-state index is 6.28. The van der Waals surface area contributed by atoms with Crippen molar-refractivity contribution in [2.75, 3.05) is 25.6 Å². The van der Waals surface area contributed by atoms with Crippen molar-refractivity contribution in [3.05, 3.63) is 34.9 Å². The summed E-state index contributed by atoms with van der Waals surface area (Å²) in [6, 6.07) is 8.71. The highest BCUT2D eigenvalue weighted by molar-refractivity contribution is 7.98. The fraction of sp³-hybridized carbons (Fsp3) is 0.571. The van der Waals surface area contributed by atoms with Gasteiger partial charge in [0.25, 0.3) is 0 Å². The normalized spacial score (nSPS) is 14.8. The summed E-state index contributed by atoms with van der Waals surface area (Å²) in [6.45, 7) is 2.81. The van der Waals surface area contributed by atoms with Gasteiger partial charge in [0.2, 0.25) is 0 Å². The zero-order valence-corrected chi connectivity index (χ0v) is 13.0. The molecule has 0 aromatic heterocycles. The van der Waals surface area contributed by atoms with E-state index in [2.05, 4.69) is 31.2 Å². The predicted octanol–water partition coefficient (Wildman–Crippen LogP) is 3.41. The number of halogens is 1. The topological polar surface area (TPSA) is 29.3 Å². The SMILES string of the molecule is CCC(CSC)N(C)C(CN)c1ccccc1Cl. The van der Waals surface area contributed by atoms with Crippen LogP contribution in [0.5, 0.6) is 0 Å². The minimum Gasteiger partial charge on any atom is -0.329 e. The van der Waals surface area contributed by atoms with Gasteiger partial charge < -0.3 is 5.73 Å². The van der Waals surface area contributed by atoms with Crippen molar-refractivity contribution >= 4 is 23.4 Å². The van der Waals surface area contributed by atoms with Crippen molar-refractivity contribution in [2.24, 2.45) is 5.73 Å². The molecule has 0 bridgehead atoms. The zero-order chi connectivity index (χ0) is 13.5. The highest BCUT2D eigenvalue weighted by atomic mass is 35.5. The lowest BCUT2D eigenvalue weighted by atomic mass is 10.0. The Labute approximate surface area is 120 Å². The van der Waals surface area contributed by atoms with Crippen LogP contribution in [-0.2, 0) is 0 Å². The second-order valence-corrected chi connectivity index (χ2v) is 5.77. The molecule has 0 aliphatic carbocycles. The van der Waals surface area contributed by atoms with E-state index in [9.17, 15) is 0 Å². The van der Waals surface area contributed by atoms with Gasteiger partial charge in [-0.2, -0.15) is 11.8 Å². The lowest BCUT2D eigenvalue weighted by Crippen LogP contribution is -2.39. The van der Waals surface area contributed by atoms with Crippen LogP contribution in [-0.4, -0.2) is 36.5 Å². The monoisotopic (exact) mass is 286 g/mol. The molecule has 0 radical (unpaired) electrons. The molecule has 1 aromatic rings. The summed E-state index contributed by atoms with van der Waals surface area (Å²) in [6.07, 6.45) is 3.27. The van der Waals surface area contributed by atoms with E-state index < -0.39 is 0 Å². The van der Waals surface area contributed by atoms with Gasteiger partial charge >= 0.3 is 0 Å². The van der Waals surface area contributed by atoms with E-state index in [0.717, 1.165) is 22.8 Å². The van der Waals surface area contributed by atoms with Crippen LogP contribution in [0.15, 0.2) is 24.3 Å². The van der Waals surface area contributed by atoms with Gasteiger partial charge in [0.1, 0.15) is 0 Å². The Kier molecular flexibility index (Phi) is 7.08. The lowest BCUT2D eigenvalue weighted by molar-refractivity contribution is 0.188. The number of likely N-dealkylation sites (N-methyl/N-ethyl adjacent to an activating group) is 1. The molecule has 0 aliphatic heterocycles. The summed E-state index contributed by atoms with van der Waals surface area (Å²) in [5.74, 6) is 1.12. The van der Waals surface area contributed by atoms with Crippen LogP contribution in [0, 0.1) is 0 Å². The maximum Gasteiger partial charge on any atom is 0.0485 e. The van der Waals surface area contributed by atoms with Gasteiger partial charge in [-0.25, -0.2) is 0 Å². The van der Waals surface area contributed by atoms with Gasteiger partial charge in [0.05, 0.1) is 0 Å². The van der Waals surface area contributed by atoms with E-state index in [1.807, 2.05) is 30.0 Å². The van der Waals surface area contributed by atoms with Crippen LogP contribution in [0.25, 0.3) is 0 Å². The highest BCUT2D eigenvalue weighted by Gasteiger charge is 2.23. The minimum absolute atomic E-state index is 0.191. The Morgan fingerprint density at radius 2 is 2.06 bits per heavy atom. The fourth-order valence-electron chi connectivity index (χ4n) is 2.23. The molecule has 0 spiro atoms. The molecular weight excluding hydrogens is 264 g/mol. The van der Waals surface area contributed by atoms with Crippen LogP contribution in [0.3, 0.4) is 0 Å². The minimum atomic E-state index is 0.191. The van der Waals surface area contributed by atoms with Gasteiger partial charge in [-0.05, 0) is 31.4 Å². The summed E-state index contributed by atoms with van der Waals surface area (Å²) in [7, 11) is 2.14. The largest absolute Gasteiger partial charge is 0.329 e. The van der Waals surface area contributed by atoms with Crippen molar-refractivity contribution in [1.82, 2.24) is 4.90 Å². The van der Waals surface area contributed by atoms with Crippen LogP contribution in [0.2, 0.25) is 5.02 Å². The Morgan fingerprint density at radius 1 is 1.39 bits per heavy atom. The molecule has 1 aromatic carbocycles. The Bertz CT molecular complexity index is 359. The first kappa shape index (κ1) is 15.8. The van der Waals surface area contributed by atoms with Crippen LogP contribution in [0.1, 0.15) is 24.9 Å². The van der Waals surface area contributed by atoms with Crippen molar-refractivity contribution in [3.8, 4) is 0 Å². The van der Waals surface area contributed by atoms with Gasteiger partial charge in [-0.15, -0.1) is 0 Å². The summed E-state index contributed by atoms with van der Waals surface area (Å²) in [5, 5.41) is 0.804. The van der Waals surface area contributed by atoms with Crippen LogP contribution < -0.4 is 5.73 Å². The first-order valence-corrected chi connectivity index (χ1v) is 8.08. The van der Waals surface area contributed by atoms with Crippen molar-refractivity contribution in [1.29, 1.82) is 0 Å². The molecule has 2 atom stereocenters. The maximum atomic E-state index is 6.28. The summed E-state index contributed by atoms with van der Waals surface area (Å²) < 4.78 is 0. The smallest absolute Gasteiger partial charge is 0.0485 e. The highest BCUT2D eigenvalue weighted by Crippen LogP contribution is 2.28. The molecule has 2 unspecified atom stereocenters. The van der Waals surface area contributed by atoms with Crippen molar-refractivity contribution in [2.45, 2.75) is 25.4 Å². The van der Waals surface area contributed by atoms with E-state index in [1.54, 1.807) is 0 Å². The summed E-state index contributed by atoms with van der Waals surface area (Å²) in [4.78, 5) is 2.36. The first-order chi connectivity index (χ1) is 8.65.